The molecule has 1 aromatic heterocycles. The number of carbonyl (C=O) groups is 2. The zero-order valence-electron chi connectivity index (χ0n) is 13.6. The lowest BCUT2D eigenvalue weighted by atomic mass is 10.0. The first-order chi connectivity index (χ1) is 10.8. The number of nitrogens with one attached hydrogen (secondary N) is 1. The molecule has 1 N–H and O–H groups in total. The number of amides is 1. The molecule has 0 atom stereocenters. The minimum atomic E-state index is -0.634. The third kappa shape index (κ3) is 4.94. The highest BCUT2D eigenvalue weighted by atomic mass is 35.5. The monoisotopic (exact) mass is 343 g/mol. The molecule has 1 aromatic rings. The van der Waals surface area contributed by atoms with E-state index in [0.717, 1.165) is 12.8 Å². The van der Waals surface area contributed by atoms with E-state index in [9.17, 15) is 9.59 Å². The second-order valence-corrected chi connectivity index (χ2v) is 6.91. The predicted molar refractivity (Wildman–Crippen MR) is 86.0 cm³/mol. The Kier molecular flexibility index (Phi) is 5.64. The third-order valence-electron chi connectivity index (χ3n) is 3.42. The molecule has 1 aliphatic heterocycles. The molecule has 0 bridgehead atoms. The van der Waals surface area contributed by atoms with Crippen molar-refractivity contribution in [3.8, 4) is 0 Å². The first-order valence-corrected chi connectivity index (χ1v) is 7.97. The highest BCUT2D eigenvalue weighted by Gasteiger charge is 2.24. The molecule has 1 amide bonds. The Balaban J connectivity index is 2.17. The van der Waals surface area contributed by atoms with Crippen molar-refractivity contribution in [3.05, 3.63) is 10.7 Å². The fourth-order valence-corrected chi connectivity index (χ4v) is 2.59. The summed E-state index contributed by atoms with van der Waals surface area (Å²) < 4.78 is 12.1. The zero-order chi connectivity index (χ0) is 17.0. The summed E-state index contributed by atoms with van der Waals surface area (Å²) in [5.74, 6) is 0.646. The third-order valence-corrected chi connectivity index (χ3v) is 3.79. The SMILES string of the molecule is CC(C)(C)OC(=O)Nc1c(Cl)c(C=O)nn1CC1CCOCC1. The van der Waals surface area contributed by atoms with Crippen LogP contribution in [-0.2, 0) is 16.0 Å². The molecule has 23 heavy (non-hydrogen) atoms. The maximum Gasteiger partial charge on any atom is 0.413 e. The molecule has 1 saturated heterocycles. The van der Waals surface area contributed by atoms with Crippen molar-refractivity contribution >= 4 is 29.8 Å². The summed E-state index contributed by atoms with van der Waals surface area (Å²) in [4.78, 5) is 23.1. The van der Waals surface area contributed by atoms with E-state index in [1.165, 1.54) is 0 Å². The number of hydrogen-bond donors (Lipinski definition) is 1. The number of aromatic nitrogens is 2. The Bertz CT molecular complexity index is 574. The number of rotatable bonds is 4. The van der Waals surface area contributed by atoms with Crippen LogP contribution in [0.25, 0.3) is 0 Å². The molecule has 1 fully saturated rings. The van der Waals surface area contributed by atoms with E-state index in [4.69, 9.17) is 21.1 Å². The summed E-state index contributed by atoms with van der Waals surface area (Å²) in [6.07, 6.45) is 1.74. The van der Waals surface area contributed by atoms with Crippen LogP contribution in [0.15, 0.2) is 0 Å². The van der Waals surface area contributed by atoms with Crippen LogP contribution in [0.1, 0.15) is 44.1 Å². The fraction of sp³-hybridized carbons (Fsp3) is 0.667. The van der Waals surface area contributed by atoms with Crippen LogP contribution in [0.4, 0.5) is 10.6 Å². The van der Waals surface area contributed by atoms with Crippen molar-refractivity contribution in [2.45, 2.75) is 45.8 Å². The van der Waals surface area contributed by atoms with Crippen LogP contribution < -0.4 is 5.32 Å². The summed E-state index contributed by atoms with van der Waals surface area (Å²) in [6, 6.07) is 0. The molecular formula is C15H22ClN3O4. The number of hydrogen-bond acceptors (Lipinski definition) is 5. The lowest BCUT2D eigenvalue weighted by molar-refractivity contribution is 0.0593. The number of ether oxygens (including phenoxy) is 2. The Hall–Kier alpha value is -1.60. The normalized spacial score (nSPS) is 16.2. The van der Waals surface area contributed by atoms with E-state index >= 15 is 0 Å². The molecule has 0 aromatic carbocycles. The van der Waals surface area contributed by atoms with Gasteiger partial charge in [0, 0.05) is 19.8 Å². The molecule has 0 aliphatic carbocycles. The first-order valence-electron chi connectivity index (χ1n) is 7.59. The fourth-order valence-electron chi connectivity index (χ4n) is 2.36. The maximum absolute atomic E-state index is 12.0. The Morgan fingerprint density at radius 3 is 2.70 bits per heavy atom. The molecule has 128 valence electrons. The van der Waals surface area contributed by atoms with Gasteiger partial charge in [-0.2, -0.15) is 5.10 Å². The second-order valence-electron chi connectivity index (χ2n) is 6.53. The first kappa shape index (κ1) is 17.7. The van der Waals surface area contributed by atoms with Crippen LogP contribution in [0.5, 0.6) is 0 Å². The largest absolute Gasteiger partial charge is 0.444 e. The zero-order valence-corrected chi connectivity index (χ0v) is 14.4. The van der Waals surface area contributed by atoms with Crippen molar-refractivity contribution < 1.29 is 19.1 Å². The lowest BCUT2D eigenvalue weighted by Gasteiger charge is -2.23. The topological polar surface area (TPSA) is 82.5 Å². The Labute approximate surface area is 140 Å². The minimum Gasteiger partial charge on any atom is -0.444 e. The standard InChI is InChI=1S/C15H22ClN3O4/c1-15(2,3)23-14(21)17-13-12(16)11(9-20)18-19(13)8-10-4-6-22-7-5-10/h9-10H,4-8H2,1-3H3,(H,17,21). The van der Waals surface area contributed by atoms with Gasteiger partial charge in [0.25, 0.3) is 0 Å². The highest BCUT2D eigenvalue weighted by molar-refractivity contribution is 6.35. The van der Waals surface area contributed by atoms with Crippen LogP contribution in [0.2, 0.25) is 5.02 Å². The van der Waals surface area contributed by atoms with Crippen molar-refractivity contribution in [2.75, 3.05) is 18.5 Å². The van der Waals surface area contributed by atoms with Crippen LogP contribution in [-0.4, -0.2) is 41.0 Å². The molecule has 0 unspecified atom stereocenters. The molecule has 0 saturated carbocycles. The van der Waals surface area contributed by atoms with Gasteiger partial charge in [-0.3, -0.25) is 10.1 Å². The van der Waals surface area contributed by atoms with Gasteiger partial charge >= 0.3 is 6.09 Å². The lowest BCUT2D eigenvalue weighted by Crippen LogP contribution is -2.29. The van der Waals surface area contributed by atoms with Gasteiger partial charge in [0.05, 0.1) is 0 Å². The number of halogens is 1. The molecule has 2 heterocycles. The van der Waals surface area contributed by atoms with Crippen LogP contribution in [0.3, 0.4) is 0 Å². The summed E-state index contributed by atoms with van der Waals surface area (Å²) in [5.41, 5.74) is -0.528. The highest BCUT2D eigenvalue weighted by Crippen LogP contribution is 2.28. The molecule has 0 spiro atoms. The van der Waals surface area contributed by atoms with Gasteiger partial charge in [-0.1, -0.05) is 11.6 Å². The van der Waals surface area contributed by atoms with E-state index in [1.54, 1.807) is 25.5 Å². The molecule has 2 rings (SSSR count). The van der Waals surface area contributed by atoms with E-state index in [0.29, 0.717) is 32.0 Å². The Morgan fingerprint density at radius 1 is 1.48 bits per heavy atom. The van der Waals surface area contributed by atoms with Crippen LogP contribution in [0, 0.1) is 5.92 Å². The number of carbonyl (C=O) groups excluding carboxylic acids is 2. The van der Waals surface area contributed by atoms with Crippen molar-refractivity contribution in [2.24, 2.45) is 5.92 Å². The quantitative estimate of drug-likeness (QED) is 0.849. The van der Waals surface area contributed by atoms with Gasteiger partial charge in [-0.05, 0) is 39.5 Å². The Morgan fingerprint density at radius 2 is 2.13 bits per heavy atom. The van der Waals surface area contributed by atoms with E-state index in [1.807, 2.05) is 0 Å². The van der Waals surface area contributed by atoms with E-state index < -0.39 is 11.7 Å². The average molecular weight is 344 g/mol. The molecule has 7 nitrogen and oxygen atoms in total. The van der Waals surface area contributed by atoms with Gasteiger partial charge in [0.15, 0.2) is 12.1 Å². The summed E-state index contributed by atoms with van der Waals surface area (Å²) in [5, 5.41) is 6.90. The summed E-state index contributed by atoms with van der Waals surface area (Å²) >= 11 is 6.15. The molecule has 8 heteroatoms. The minimum absolute atomic E-state index is 0.102. The second kappa shape index (κ2) is 7.31. The predicted octanol–water partition coefficient (Wildman–Crippen LogP) is 3.12. The van der Waals surface area contributed by atoms with Crippen LogP contribution >= 0.6 is 11.6 Å². The summed E-state index contributed by atoms with van der Waals surface area (Å²) in [6.45, 7) is 7.27. The van der Waals surface area contributed by atoms with Gasteiger partial charge < -0.3 is 9.47 Å². The number of nitrogens with zero attached hydrogens (tertiary/aromatic N) is 2. The number of aldehydes is 1. The number of anilines is 1. The van der Waals surface area contributed by atoms with Gasteiger partial charge in [0.1, 0.15) is 16.3 Å². The van der Waals surface area contributed by atoms with E-state index in [2.05, 4.69) is 10.4 Å². The van der Waals surface area contributed by atoms with E-state index in [-0.39, 0.29) is 16.5 Å². The molecular weight excluding hydrogens is 322 g/mol. The van der Waals surface area contributed by atoms with Gasteiger partial charge in [-0.25, -0.2) is 9.48 Å². The van der Waals surface area contributed by atoms with Crippen molar-refractivity contribution in [1.82, 2.24) is 9.78 Å². The van der Waals surface area contributed by atoms with Crippen molar-refractivity contribution in [3.63, 3.8) is 0 Å². The maximum atomic E-state index is 12.0. The van der Waals surface area contributed by atoms with Gasteiger partial charge in [-0.15, -0.1) is 0 Å². The van der Waals surface area contributed by atoms with Gasteiger partial charge in [0.2, 0.25) is 0 Å². The molecule has 1 aliphatic rings. The molecule has 0 radical (unpaired) electrons. The smallest absolute Gasteiger partial charge is 0.413 e. The average Bonchev–Trinajstić information content (AvgIpc) is 2.75. The van der Waals surface area contributed by atoms with Crippen molar-refractivity contribution in [1.29, 1.82) is 0 Å². The summed E-state index contributed by atoms with van der Waals surface area (Å²) in [7, 11) is 0.